The lowest BCUT2D eigenvalue weighted by molar-refractivity contribution is -0.195. The third-order valence-corrected chi connectivity index (χ3v) is 4.72. The lowest BCUT2D eigenvalue weighted by Crippen LogP contribution is -2.51. The highest BCUT2D eigenvalue weighted by Crippen LogP contribution is 2.39. The van der Waals surface area contributed by atoms with Crippen molar-refractivity contribution in [2.75, 3.05) is 20.2 Å². The molecule has 0 aromatic heterocycles. The van der Waals surface area contributed by atoms with Gasteiger partial charge in [0.25, 0.3) is 0 Å². The molecule has 2 fully saturated rings. The van der Waals surface area contributed by atoms with Gasteiger partial charge in [-0.1, -0.05) is 30.3 Å². The molecule has 24 heavy (non-hydrogen) atoms. The maximum absolute atomic E-state index is 12.5. The van der Waals surface area contributed by atoms with Crippen molar-refractivity contribution in [3.63, 3.8) is 0 Å². The highest BCUT2D eigenvalue weighted by molar-refractivity contribution is 5.80. The molecule has 6 nitrogen and oxygen atoms in total. The van der Waals surface area contributed by atoms with Gasteiger partial charge in [-0.05, 0) is 31.2 Å². The number of ether oxygens (including phenoxy) is 3. The molecule has 130 valence electrons. The minimum atomic E-state index is -0.842. The molecule has 3 rings (SSSR count). The van der Waals surface area contributed by atoms with Crippen molar-refractivity contribution in [1.29, 1.82) is 0 Å². The van der Waals surface area contributed by atoms with Crippen molar-refractivity contribution >= 4 is 12.1 Å². The van der Waals surface area contributed by atoms with Crippen LogP contribution in [-0.2, 0) is 25.6 Å². The smallest absolute Gasteiger partial charge is 0.409 e. The second-order valence-corrected chi connectivity index (χ2v) is 6.35. The van der Waals surface area contributed by atoms with Crippen molar-refractivity contribution in [3.8, 4) is 0 Å². The van der Waals surface area contributed by atoms with E-state index in [4.69, 9.17) is 14.2 Å². The number of carbonyl (C=O) groups excluding carboxylic acids is 2. The van der Waals surface area contributed by atoms with Gasteiger partial charge in [0.05, 0.1) is 19.8 Å². The van der Waals surface area contributed by atoms with Gasteiger partial charge in [0, 0.05) is 6.54 Å². The van der Waals surface area contributed by atoms with Crippen LogP contribution < -0.4 is 0 Å². The number of nitrogens with zero attached hydrogens (tertiary/aromatic N) is 1. The van der Waals surface area contributed by atoms with E-state index in [9.17, 15) is 9.59 Å². The second-order valence-electron chi connectivity index (χ2n) is 6.35. The second kappa shape index (κ2) is 7.21. The van der Waals surface area contributed by atoms with Crippen molar-refractivity contribution in [2.24, 2.45) is 0 Å². The molecule has 1 aliphatic carbocycles. The summed E-state index contributed by atoms with van der Waals surface area (Å²) < 4.78 is 16.3. The molecule has 2 aliphatic rings. The molecule has 1 saturated heterocycles. The zero-order valence-corrected chi connectivity index (χ0v) is 13.9. The molecule has 0 unspecified atom stereocenters. The molecule has 1 amide bonds. The molecule has 1 aromatic carbocycles. The summed E-state index contributed by atoms with van der Waals surface area (Å²) in [6.45, 7) is 1.30. The fraction of sp³-hybridized carbons (Fsp3) is 0.556. The van der Waals surface area contributed by atoms with Crippen LogP contribution in [0.4, 0.5) is 4.79 Å². The Morgan fingerprint density at radius 2 is 2.00 bits per heavy atom. The van der Waals surface area contributed by atoms with Gasteiger partial charge in [-0.25, -0.2) is 9.59 Å². The van der Waals surface area contributed by atoms with E-state index in [-0.39, 0.29) is 24.8 Å². The largest absolute Gasteiger partial charge is 0.459 e. The molecular weight excluding hydrogens is 310 g/mol. The minimum Gasteiger partial charge on any atom is -0.459 e. The van der Waals surface area contributed by atoms with E-state index in [2.05, 4.69) is 0 Å². The van der Waals surface area contributed by atoms with E-state index in [1.54, 1.807) is 4.90 Å². The van der Waals surface area contributed by atoms with E-state index in [0.717, 1.165) is 12.0 Å². The first-order valence-electron chi connectivity index (χ1n) is 8.35. The van der Waals surface area contributed by atoms with Gasteiger partial charge in [0.2, 0.25) is 0 Å². The Morgan fingerprint density at radius 3 is 2.62 bits per heavy atom. The fourth-order valence-electron chi connectivity index (χ4n) is 3.16. The van der Waals surface area contributed by atoms with Crippen molar-refractivity contribution in [1.82, 2.24) is 4.90 Å². The predicted octanol–water partition coefficient (Wildman–Crippen LogP) is 2.51. The average Bonchev–Trinajstić information content (AvgIpc) is 3.04. The van der Waals surface area contributed by atoms with Crippen molar-refractivity contribution in [3.05, 3.63) is 35.9 Å². The van der Waals surface area contributed by atoms with Crippen molar-refractivity contribution < 1.29 is 23.8 Å². The molecule has 1 saturated carbocycles. The Hall–Kier alpha value is -2.08. The van der Waals surface area contributed by atoms with E-state index in [1.165, 1.54) is 7.11 Å². The number of likely N-dealkylation sites (tertiary alicyclic amines) is 1. The zero-order chi connectivity index (χ0) is 17.0. The van der Waals surface area contributed by atoms with Crippen LogP contribution in [0, 0.1) is 0 Å². The Morgan fingerprint density at radius 1 is 1.25 bits per heavy atom. The monoisotopic (exact) mass is 333 g/mol. The van der Waals surface area contributed by atoms with Gasteiger partial charge in [-0.3, -0.25) is 0 Å². The van der Waals surface area contributed by atoms with Crippen LogP contribution in [-0.4, -0.2) is 48.9 Å². The fourth-order valence-corrected chi connectivity index (χ4v) is 3.16. The van der Waals surface area contributed by atoms with E-state index in [1.807, 2.05) is 30.3 Å². The van der Waals surface area contributed by atoms with E-state index < -0.39 is 5.60 Å². The summed E-state index contributed by atoms with van der Waals surface area (Å²) in [7, 11) is 1.37. The molecule has 1 aromatic rings. The maximum Gasteiger partial charge on any atom is 0.409 e. The van der Waals surface area contributed by atoms with Crippen LogP contribution in [0.15, 0.2) is 30.3 Å². The summed E-state index contributed by atoms with van der Waals surface area (Å²) in [5, 5.41) is 0. The first-order chi connectivity index (χ1) is 11.6. The number of rotatable bonds is 5. The van der Waals surface area contributed by atoms with E-state index in [0.29, 0.717) is 32.4 Å². The first-order valence-corrected chi connectivity index (χ1v) is 8.35. The van der Waals surface area contributed by atoms with Crippen LogP contribution in [0.2, 0.25) is 0 Å². The quantitative estimate of drug-likeness (QED) is 0.775. The average molecular weight is 333 g/mol. The minimum absolute atomic E-state index is 0.145. The van der Waals surface area contributed by atoms with Crippen LogP contribution in [0.25, 0.3) is 0 Å². The first kappa shape index (κ1) is 16.8. The number of hydrogen-bond acceptors (Lipinski definition) is 5. The number of carbonyl (C=O) groups is 2. The number of esters is 1. The summed E-state index contributed by atoms with van der Waals surface area (Å²) in [5.41, 5.74) is 0.115. The molecule has 0 bridgehead atoms. The van der Waals surface area contributed by atoms with Gasteiger partial charge < -0.3 is 19.1 Å². The Balaban J connectivity index is 1.54. The molecule has 0 spiro atoms. The highest BCUT2D eigenvalue weighted by Gasteiger charge is 2.49. The summed E-state index contributed by atoms with van der Waals surface area (Å²) in [4.78, 5) is 25.7. The maximum atomic E-state index is 12.5. The normalized spacial score (nSPS) is 21.9. The van der Waals surface area contributed by atoms with Gasteiger partial charge in [-0.2, -0.15) is 0 Å². The van der Waals surface area contributed by atoms with Crippen LogP contribution >= 0.6 is 0 Å². The van der Waals surface area contributed by atoms with E-state index >= 15 is 0 Å². The zero-order valence-electron chi connectivity index (χ0n) is 13.9. The summed E-state index contributed by atoms with van der Waals surface area (Å²) >= 11 is 0. The molecular formula is C18H23NO5. The molecule has 1 heterocycles. The van der Waals surface area contributed by atoms with Gasteiger partial charge in [0.15, 0.2) is 5.60 Å². The van der Waals surface area contributed by atoms with Gasteiger partial charge in [-0.15, -0.1) is 0 Å². The number of benzene rings is 1. The summed E-state index contributed by atoms with van der Waals surface area (Å²) in [6.07, 6.45) is 2.52. The lowest BCUT2D eigenvalue weighted by Gasteiger charge is -2.40. The topological polar surface area (TPSA) is 65.1 Å². The lowest BCUT2D eigenvalue weighted by atomic mass is 9.79. The van der Waals surface area contributed by atoms with Gasteiger partial charge in [0.1, 0.15) is 6.61 Å². The molecule has 0 N–H and O–H groups in total. The Labute approximate surface area is 141 Å². The van der Waals surface area contributed by atoms with Crippen molar-refractivity contribution in [2.45, 2.75) is 44.0 Å². The third-order valence-electron chi connectivity index (χ3n) is 4.72. The molecule has 1 aliphatic heterocycles. The SMILES string of the molecule is COC(=O)N1CC[C@H](OC2(C(=O)OCc3ccccc3)CCC2)C1. The van der Waals surface area contributed by atoms with Crippen LogP contribution in [0.3, 0.4) is 0 Å². The third kappa shape index (κ3) is 3.53. The van der Waals surface area contributed by atoms with Crippen LogP contribution in [0.1, 0.15) is 31.2 Å². The summed E-state index contributed by atoms with van der Waals surface area (Å²) in [5.74, 6) is -0.297. The van der Waals surface area contributed by atoms with Gasteiger partial charge >= 0.3 is 12.1 Å². The molecule has 0 radical (unpaired) electrons. The van der Waals surface area contributed by atoms with Crippen LogP contribution in [0.5, 0.6) is 0 Å². The predicted molar refractivity (Wildman–Crippen MR) is 86.3 cm³/mol. The highest BCUT2D eigenvalue weighted by atomic mass is 16.6. The Bertz CT molecular complexity index is 584. The number of methoxy groups -OCH3 is 1. The summed E-state index contributed by atoms with van der Waals surface area (Å²) in [6, 6.07) is 9.60. The number of hydrogen-bond donors (Lipinski definition) is 0. The molecule has 6 heteroatoms. The standard InChI is InChI=1S/C18H23NO5/c1-22-17(21)19-11-8-15(12-19)24-18(9-5-10-18)16(20)23-13-14-6-3-2-4-7-14/h2-4,6-7,15H,5,8-13H2,1H3/t15-/m0/s1. The molecule has 1 atom stereocenters. The number of amides is 1. The Kier molecular flexibility index (Phi) is 5.04.